The quantitative estimate of drug-likeness (QED) is 0.681. The van der Waals surface area contributed by atoms with Gasteiger partial charge in [-0.25, -0.2) is 0 Å². The van der Waals surface area contributed by atoms with E-state index in [0.29, 0.717) is 11.8 Å². The van der Waals surface area contributed by atoms with Crippen molar-refractivity contribution in [1.82, 2.24) is 4.90 Å². The number of aliphatic hydroxyl groups is 1. The highest BCUT2D eigenvalue weighted by Gasteiger charge is 2.85. The van der Waals surface area contributed by atoms with Gasteiger partial charge in [0.1, 0.15) is 11.2 Å². The Labute approximate surface area is 191 Å². The lowest BCUT2D eigenvalue weighted by Gasteiger charge is -2.75. The van der Waals surface area contributed by atoms with Crippen molar-refractivity contribution in [3.8, 4) is 11.5 Å². The molecule has 6 unspecified atom stereocenters. The number of benzene rings is 1. The van der Waals surface area contributed by atoms with E-state index in [2.05, 4.69) is 44.0 Å². The van der Waals surface area contributed by atoms with Crippen LogP contribution in [-0.4, -0.2) is 58.7 Å². The molecular weight excluding hydrogens is 402 g/mol. The summed E-state index contributed by atoms with van der Waals surface area (Å²) in [6.45, 7) is 7.37. The number of likely N-dealkylation sites (N-methyl/N-ethyl adjacent to an activating group) is 1. The zero-order valence-corrected chi connectivity index (χ0v) is 20.1. The number of nitrogens with zero attached hydrogens (tertiary/aromatic N) is 1. The number of phenolic OH excluding ortho intramolecular Hbond substituents is 1. The maximum atomic E-state index is 11.9. The molecule has 6 aliphatic rings. The second-order valence-corrected chi connectivity index (χ2v) is 11.5. The molecular formula is C27H37NO4. The smallest absolute Gasteiger partial charge is 0.166 e. The minimum absolute atomic E-state index is 0.0957. The fraction of sp³-hybridized carbons (Fsp3) is 0.704. The first-order chi connectivity index (χ1) is 15.1. The molecule has 5 heteroatoms. The van der Waals surface area contributed by atoms with Gasteiger partial charge in [-0.2, -0.15) is 0 Å². The summed E-state index contributed by atoms with van der Waals surface area (Å²) < 4.78 is 13.4. The molecule has 4 aliphatic carbocycles. The third kappa shape index (κ3) is 1.93. The summed E-state index contributed by atoms with van der Waals surface area (Å²) in [4.78, 5) is 2.52. The summed E-state index contributed by atoms with van der Waals surface area (Å²) in [5, 5.41) is 22.8. The summed E-state index contributed by atoms with van der Waals surface area (Å²) in [6, 6.07) is 4.23. The molecule has 1 aromatic rings. The number of hydrogen-bond acceptors (Lipinski definition) is 5. The lowest BCUT2D eigenvalue weighted by Crippen LogP contribution is -2.85. The number of piperidine rings is 1. The third-order valence-corrected chi connectivity index (χ3v) is 10.5. The Hall–Kier alpha value is -1.56. The molecule has 0 amide bonds. The van der Waals surface area contributed by atoms with E-state index >= 15 is 0 Å². The molecule has 4 bridgehead atoms. The van der Waals surface area contributed by atoms with Crippen LogP contribution in [0, 0.1) is 11.3 Å². The number of fused-ring (bicyclic) bond motifs is 1. The summed E-state index contributed by atoms with van der Waals surface area (Å²) in [5.41, 5.74) is -0.290. The molecule has 2 N–H and O–H groups in total. The lowest BCUT2D eigenvalue weighted by molar-refractivity contribution is -0.286. The largest absolute Gasteiger partial charge is 0.504 e. The maximum Gasteiger partial charge on any atom is 0.166 e. The second kappa shape index (κ2) is 6.11. The van der Waals surface area contributed by atoms with Crippen LogP contribution in [-0.2, 0) is 16.6 Å². The van der Waals surface area contributed by atoms with Crippen molar-refractivity contribution in [2.24, 2.45) is 11.3 Å². The van der Waals surface area contributed by atoms with Crippen LogP contribution in [0.2, 0.25) is 0 Å². The molecule has 1 saturated heterocycles. The average Bonchev–Trinajstić information content (AvgIpc) is 3.07. The number of hydrogen-bond donors (Lipinski definition) is 2. The highest BCUT2D eigenvalue weighted by Crippen LogP contribution is 2.79. The molecule has 2 fully saturated rings. The van der Waals surface area contributed by atoms with Crippen molar-refractivity contribution in [2.75, 3.05) is 20.7 Å². The molecule has 0 aromatic heterocycles. The van der Waals surface area contributed by atoms with Crippen molar-refractivity contribution in [3.63, 3.8) is 0 Å². The average molecular weight is 440 g/mol. The molecule has 2 heterocycles. The van der Waals surface area contributed by atoms with Gasteiger partial charge in [-0.3, -0.25) is 0 Å². The van der Waals surface area contributed by atoms with Crippen LogP contribution in [0.5, 0.6) is 11.5 Å². The van der Waals surface area contributed by atoms with Crippen molar-refractivity contribution in [3.05, 3.63) is 35.4 Å². The van der Waals surface area contributed by atoms with E-state index in [0.717, 1.165) is 45.1 Å². The monoisotopic (exact) mass is 439 g/mol. The normalized spacial score (nSPS) is 44.8. The predicted octanol–water partition coefficient (Wildman–Crippen LogP) is 3.94. The highest BCUT2D eigenvalue weighted by atomic mass is 16.6. The van der Waals surface area contributed by atoms with Gasteiger partial charge in [-0.1, -0.05) is 38.0 Å². The van der Waals surface area contributed by atoms with Gasteiger partial charge >= 0.3 is 0 Å². The highest BCUT2D eigenvalue weighted by molar-refractivity contribution is 5.67. The molecule has 32 heavy (non-hydrogen) atoms. The van der Waals surface area contributed by atoms with Gasteiger partial charge in [-0.05, 0) is 64.8 Å². The Kier molecular flexibility index (Phi) is 4.01. The fourth-order valence-corrected chi connectivity index (χ4v) is 9.09. The van der Waals surface area contributed by atoms with E-state index in [1.165, 1.54) is 11.1 Å². The zero-order valence-electron chi connectivity index (χ0n) is 20.1. The Morgan fingerprint density at radius 3 is 2.81 bits per heavy atom. The van der Waals surface area contributed by atoms with E-state index in [1.807, 2.05) is 6.92 Å². The minimum Gasteiger partial charge on any atom is -0.504 e. The van der Waals surface area contributed by atoms with Crippen molar-refractivity contribution in [2.45, 2.75) is 87.6 Å². The van der Waals surface area contributed by atoms with E-state index in [-0.39, 0.29) is 22.5 Å². The zero-order chi connectivity index (χ0) is 22.7. The maximum absolute atomic E-state index is 11.9. The van der Waals surface area contributed by atoms with Gasteiger partial charge in [-0.15, -0.1) is 0 Å². The molecule has 1 aromatic carbocycles. The van der Waals surface area contributed by atoms with Crippen LogP contribution in [0.4, 0.5) is 0 Å². The Balaban J connectivity index is 1.66. The van der Waals surface area contributed by atoms with E-state index < -0.39 is 16.8 Å². The number of ether oxygens (including phenoxy) is 2. The van der Waals surface area contributed by atoms with Gasteiger partial charge in [0.25, 0.3) is 0 Å². The van der Waals surface area contributed by atoms with Gasteiger partial charge in [0, 0.05) is 30.0 Å². The first-order valence-corrected chi connectivity index (χ1v) is 12.4. The van der Waals surface area contributed by atoms with Crippen molar-refractivity contribution >= 4 is 0 Å². The number of unbranched alkanes of at least 4 members (excludes halogenated alkanes) is 1. The molecule has 2 aliphatic heterocycles. The first kappa shape index (κ1) is 21.0. The number of likely N-dealkylation sites (tertiary alicyclic amines) is 1. The molecule has 174 valence electrons. The molecule has 7 rings (SSSR count). The molecule has 5 nitrogen and oxygen atoms in total. The van der Waals surface area contributed by atoms with Crippen molar-refractivity contribution in [1.29, 1.82) is 0 Å². The first-order valence-electron chi connectivity index (χ1n) is 12.4. The summed E-state index contributed by atoms with van der Waals surface area (Å²) in [7, 11) is 4.02. The topological polar surface area (TPSA) is 62.2 Å². The van der Waals surface area contributed by atoms with Crippen LogP contribution in [0.1, 0.15) is 64.0 Å². The van der Waals surface area contributed by atoms with Gasteiger partial charge in [0.15, 0.2) is 11.5 Å². The second-order valence-electron chi connectivity index (χ2n) is 11.5. The minimum atomic E-state index is -0.873. The number of phenols is 1. The Morgan fingerprint density at radius 2 is 2.09 bits per heavy atom. The molecule has 0 radical (unpaired) electrons. The van der Waals surface area contributed by atoms with Crippen LogP contribution in [0.15, 0.2) is 24.3 Å². The van der Waals surface area contributed by atoms with Gasteiger partial charge < -0.3 is 24.6 Å². The van der Waals surface area contributed by atoms with E-state index in [9.17, 15) is 10.2 Å². The third-order valence-electron chi connectivity index (χ3n) is 10.5. The number of aromatic hydroxyl groups is 1. The van der Waals surface area contributed by atoms with Gasteiger partial charge in [0.2, 0.25) is 0 Å². The van der Waals surface area contributed by atoms with Crippen LogP contribution in [0.3, 0.4) is 0 Å². The fourth-order valence-electron chi connectivity index (χ4n) is 9.09. The Bertz CT molecular complexity index is 1020. The van der Waals surface area contributed by atoms with Crippen LogP contribution >= 0.6 is 0 Å². The van der Waals surface area contributed by atoms with Crippen LogP contribution in [0.25, 0.3) is 0 Å². The van der Waals surface area contributed by atoms with Crippen molar-refractivity contribution < 1.29 is 19.7 Å². The lowest BCUT2D eigenvalue weighted by atomic mass is 9.32. The van der Waals surface area contributed by atoms with E-state index in [1.54, 1.807) is 13.2 Å². The summed E-state index contributed by atoms with van der Waals surface area (Å²) in [6.07, 6.45) is 10.2. The number of rotatable bonds is 5. The van der Waals surface area contributed by atoms with Gasteiger partial charge in [0.05, 0.1) is 11.0 Å². The number of methoxy groups -OCH3 is 1. The molecule has 1 saturated carbocycles. The molecule has 2 spiro atoms. The van der Waals surface area contributed by atoms with E-state index in [4.69, 9.17) is 9.47 Å². The predicted molar refractivity (Wildman–Crippen MR) is 123 cm³/mol. The molecule has 7 atom stereocenters. The van der Waals surface area contributed by atoms with Crippen LogP contribution < -0.4 is 4.74 Å². The summed E-state index contributed by atoms with van der Waals surface area (Å²) >= 11 is 0. The SMILES string of the molecule is CCCCC(C)(O)C1CC23C=CC1(OC)C1(C)Oc4c(O)ccc5c4[C@]21CCN(C)C3C5. The Morgan fingerprint density at radius 1 is 1.31 bits per heavy atom. The summed E-state index contributed by atoms with van der Waals surface area (Å²) in [5.74, 6) is 0.777. The standard InChI is InChI=1S/C27H37NO4/c1-6-7-10-23(2,30)19-16-25-11-12-27(19,31-5)24(3)26(25)13-14-28(4)20(25)15-17-8-9-18(29)22(32-24)21(17)26/h8-9,11-12,19-20,29-30H,6-7,10,13-16H2,1-5H3/t19?,20?,23?,24?,25?,26-,27?/m0/s1.